The molecule has 14 heavy (non-hydrogen) atoms. The number of aromatic nitrogens is 3. The van der Waals surface area contributed by atoms with Crippen molar-refractivity contribution in [1.82, 2.24) is 20.7 Å². The second kappa shape index (κ2) is 6.09. The fourth-order valence-corrected chi connectivity index (χ4v) is 1.02. The Kier molecular flexibility index (Phi) is 4.63. The molecular formula is C8H14N4O2. The SMILES string of the molecule is O=C(NCCCCCO)c1cn[nH]n1. The normalized spacial score (nSPS) is 10.1. The van der Waals surface area contributed by atoms with Gasteiger partial charge in [0, 0.05) is 13.2 Å². The van der Waals surface area contributed by atoms with Gasteiger partial charge in [0.15, 0.2) is 5.69 Å². The Morgan fingerprint density at radius 3 is 3.00 bits per heavy atom. The van der Waals surface area contributed by atoms with Crippen molar-refractivity contribution in [1.29, 1.82) is 0 Å². The topological polar surface area (TPSA) is 90.9 Å². The predicted molar refractivity (Wildman–Crippen MR) is 49.7 cm³/mol. The smallest absolute Gasteiger partial charge is 0.273 e. The number of nitrogens with one attached hydrogen (secondary N) is 2. The summed E-state index contributed by atoms with van der Waals surface area (Å²) in [5.41, 5.74) is 0.298. The molecule has 6 heteroatoms. The van der Waals surface area contributed by atoms with E-state index in [1.807, 2.05) is 0 Å². The number of nitrogens with zero attached hydrogens (tertiary/aromatic N) is 2. The molecule has 1 heterocycles. The summed E-state index contributed by atoms with van der Waals surface area (Å²) in [4.78, 5) is 11.3. The second-order valence-corrected chi connectivity index (χ2v) is 2.90. The fraction of sp³-hybridized carbons (Fsp3) is 0.625. The van der Waals surface area contributed by atoms with Crippen LogP contribution < -0.4 is 5.32 Å². The zero-order chi connectivity index (χ0) is 10.2. The van der Waals surface area contributed by atoms with Gasteiger partial charge in [0.2, 0.25) is 0 Å². The Labute approximate surface area is 81.7 Å². The number of hydrogen-bond donors (Lipinski definition) is 3. The van der Waals surface area contributed by atoms with Crippen LogP contribution in [0.2, 0.25) is 0 Å². The molecule has 0 spiro atoms. The summed E-state index contributed by atoms with van der Waals surface area (Å²) in [7, 11) is 0. The van der Waals surface area contributed by atoms with E-state index in [0.717, 1.165) is 19.3 Å². The monoisotopic (exact) mass is 198 g/mol. The zero-order valence-electron chi connectivity index (χ0n) is 7.86. The van der Waals surface area contributed by atoms with Gasteiger partial charge in [-0.05, 0) is 19.3 Å². The first-order valence-corrected chi connectivity index (χ1v) is 4.59. The highest BCUT2D eigenvalue weighted by atomic mass is 16.2. The van der Waals surface area contributed by atoms with Crippen LogP contribution in [0.4, 0.5) is 0 Å². The molecule has 1 rings (SSSR count). The molecule has 0 aromatic carbocycles. The van der Waals surface area contributed by atoms with Gasteiger partial charge in [-0.25, -0.2) is 0 Å². The minimum atomic E-state index is -0.220. The minimum absolute atomic E-state index is 0.206. The molecule has 0 radical (unpaired) electrons. The lowest BCUT2D eigenvalue weighted by Gasteiger charge is -2.01. The number of hydrogen-bond acceptors (Lipinski definition) is 4. The van der Waals surface area contributed by atoms with Crippen molar-refractivity contribution in [2.75, 3.05) is 13.2 Å². The Bertz CT molecular complexity index is 260. The molecule has 0 bridgehead atoms. The van der Waals surface area contributed by atoms with Gasteiger partial charge in [0.25, 0.3) is 5.91 Å². The van der Waals surface area contributed by atoms with Gasteiger partial charge in [-0.3, -0.25) is 4.79 Å². The van der Waals surface area contributed by atoms with Crippen molar-refractivity contribution < 1.29 is 9.90 Å². The van der Waals surface area contributed by atoms with Gasteiger partial charge < -0.3 is 10.4 Å². The van der Waals surface area contributed by atoms with Crippen LogP contribution in [0.3, 0.4) is 0 Å². The highest BCUT2D eigenvalue weighted by Gasteiger charge is 2.06. The van der Waals surface area contributed by atoms with Gasteiger partial charge in [-0.15, -0.1) is 0 Å². The van der Waals surface area contributed by atoms with Crippen molar-refractivity contribution in [3.63, 3.8) is 0 Å². The number of unbranched alkanes of at least 4 members (excludes halogenated alkanes) is 2. The molecule has 6 nitrogen and oxygen atoms in total. The average molecular weight is 198 g/mol. The van der Waals surface area contributed by atoms with Crippen molar-refractivity contribution in [3.8, 4) is 0 Å². The van der Waals surface area contributed by atoms with Crippen LogP contribution in [-0.4, -0.2) is 39.6 Å². The molecule has 1 amide bonds. The molecule has 0 saturated heterocycles. The van der Waals surface area contributed by atoms with Crippen molar-refractivity contribution >= 4 is 5.91 Å². The number of aromatic amines is 1. The summed E-state index contributed by atoms with van der Waals surface area (Å²) in [6.45, 7) is 0.808. The van der Waals surface area contributed by atoms with E-state index in [1.165, 1.54) is 6.20 Å². The van der Waals surface area contributed by atoms with Crippen molar-refractivity contribution in [2.45, 2.75) is 19.3 Å². The minimum Gasteiger partial charge on any atom is -0.396 e. The van der Waals surface area contributed by atoms with Crippen LogP contribution >= 0.6 is 0 Å². The number of carbonyl (C=O) groups excluding carboxylic acids is 1. The number of amides is 1. The fourth-order valence-electron chi connectivity index (χ4n) is 1.02. The Morgan fingerprint density at radius 2 is 2.36 bits per heavy atom. The summed E-state index contributed by atoms with van der Waals surface area (Å²) in [5, 5.41) is 20.8. The molecule has 0 aliphatic carbocycles. The number of aliphatic hydroxyl groups is 1. The van der Waals surface area contributed by atoms with E-state index < -0.39 is 0 Å². The summed E-state index contributed by atoms with van der Waals surface area (Å²) in [5.74, 6) is -0.220. The van der Waals surface area contributed by atoms with Crippen LogP contribution in [0.1, 0.15) is 29.8 Å². The van der Waals surface area contributed by atoms with E-state index in [9.17, 15) is 4.79 Å². The molecule has 0 aliphatic heterocycles. The summed E-state index contributed by atoms with van der Waals surface area (Å²) in [6, 6.07) is 0. The molecule has 0 atom stereocenters. The molecule has 1 aromatic rings. The molecular weight excluding hydrogens is 184 g/mol. The van der Waals surface area contributed by atoms with Crippen LogP contribution in [0.25, 0.3) is 0 Å². The molecule has 0 unspecified atom stereocenters. The summed E-state index contributed by atoms with van der Waals surface area (Å²) in [6.07, 6.45) is 3.93. The average Bonchev–Trinajstić information content (AvgIpc) is 2.70. The van der Waals surface area contributed by atoms with Crippen LogP contribution in [0.15, 0.2) is 6.20 Å². The number of rotatable bonds is 6. The standard InChI is InChI=1S/C8H14N4O2/c13-5-3-1-2-4-9-8(14)7-6-10-12-11-7/h6,13H,1-5H2,(H,9,14)(H,10,11,12). The first kappa shape index (κ1) is 10.6. The lowest BCUT2D eigenvalue weighted by molar-refractivity contribution is 0.0948. The number of carbonyl (C=O) groups is 1. The van der Waals surface area contributed by atoms with E-state index in [1.54, 1.807) is 0 Å². The molecule has 0 aliphatic rings. The first-order chi connectivity index (χ1) is 6.84. The third-order valence-corrected chi connectivity index (χ3v) is 1.77. The molecule has 1 aromatic heterocycles. The Morgan fingerprint density at radius 1 is 1.50 bits per heavy atom. The van der Waals surface area contributed by atoms with Crippen molar-refractivity contribution in [3.05, 3.63) is 11.9 Å². The van der Waals surface area contributed by atoms with Gasteiger partial charge >= 0.3 is 0 Å². The Balaban J connectivity index is 2.10. The largest absolute Gasteiger partial charge is 0.396 e. The lowest BCUT2D eigenvalue weighted by atomic mass is 10.2. The van der Waals surface area contributed by atoms with Crippen molar-refractivity contribution in [2.24, 2.45) is 0 Å². The maximum Gasteiger partial charge on any atom is 0.273 e. The third kappa shape index (κ3) is 3.53. The molecule has 3 N–H and O–H groups in total. The highest BCUT2D eigenvalue weighted by Crippen LogP contribution is 1.93. The maximum atomic E-state index is 11.3. The maximum absolute atomic E-state index is 11.3. The van der Waals surface area contributed by atoms with Gasteiger partial charge in [-0.2, -0.15) is 15.4 Å². The predicted octanol–water partition coefficient (Wildman–Crippen LogP) is -0.303. The third-order valence-electron chi connectivity index (χ3n) is 1.77. The van der Waals surface area contributed by atoms with Gasteiger partial charge in [0.05, 0.1) is 6.20 Å². The number of aliphatic hydroxyl groups excluding tert-OH is 1. The Hall–Kier alpha value is -1.43. The van der Waals surface area contributed by atoms with Gasteiger partial charge in [0.1, 0.15) is 0 Å². The van der Waals surface area contributed by atoms with Crippen LogP contribution in [0.5, 0.6) is 0 Å². The molecule has 0 fully saturated rings. The van der Waals surface area contributed by atoms with E-state index >= 15 is 0 Å². The zero-order valence-corrected chi connectivity index (χ0v) is 7.86. The van der Waals surface area contributed by atoms with E-state index in [2.05, 4.69) is 20.7 Å². The molecule has 0 saturated carbocycles. The highest BCUT2D eigenvalue weighted by molar-refractivity contribution is 5.91. The lowest BCUT2D eigenvalue weighted by Crippen LogP contribution is -2.24. The second-order valence-electron chi connectivity index (χ2n) is 2.90. The number of H-pyrrole nitrogens is 1. The quantitative estimate of drug-likeness (QED) is 0.547. The summed E-state index contributed by atoms with van der Waals surface area (Å²) >= 11 is 0. The summed E-state index contributed by atoms with van der Waals surface area (Å²) < 4.78 is 0. The van der Waals surface area contributed by atoms with Crippen LogP contribution in [-0.2, 0) is 0 Å². The van der Waals surface area contributed by atoms with E-state index in [-0.39, 0.29) is 12.5 Å². The first-order valence-electron chi connectivity index (χ1n) is 4.59. The van der Waals surface area contributed by atoms with Crippen LogP contribution in [0, 0.1) is 0 Å². The van der Waals surface area contributed by atoms with E-state index in [4.69, 9.17) is 5.11 Å². The van der Waals surface area contributed by atoms with E-state index in [0.29, 0.717) is 12.2 Å². The molecule has 78 valence electrons. The van der Waals surface area contributed by atoms with Gasteiger partial charge in [-0.1, -0.05) is 0 Å².